The third-order valence-corrected chi connectivity index (χ3v) is 3.08. The Balaban J connectivity index is 2.41. The molecule has 0 fully saturated rings. The number of alkyl halides is 3. The summed E-state index contributed by atoms with van der Waals surface area (Å²) in [7, 11) is 1.81. The summed E-state index contributed by atoms with van der Waals surface area (Å²) in [5, 5.41) is 3.58. The summed E-state index contributed by atoms with van der Waals surface area (Å²) in [4.78, 5) is 4.97. The standard InChI is InChI=1S/C9H13F3N2OS/c1-6(13-2)7-3-14-8(16-7)4-15-5-9(10,11)12/h3,6,13H,4-5H2,1-2H3. The number of hydrogen-bond acceptors (Lipinski definition) is 4. The van der Waals surface area contributed by atoms with Crippen molar-refractivity contribution in [2.24, 2.45) is 0 Å². The van der Waals surface area contributed by atoms with Crippen LogP contribution in [-0.4, -0.2) is 24.8 Å². The Bertz CT molecular complexity index is 327. The van der Waals surface area contributed by atoms with Crippen molar-refractivity contribution < 1.29 is 17.9 Å². The van der Waals surface area contributed by atoms with Gasteiger partial charge in [-0.1, -0.05) is 0 Å². The summed E-state index contributed by atoms with van der Waals surface area (Å²) in [5.74, 6) is 0. The summed E-state index contributed by atoms with van der Waals surface area (Å²) in [6.45, 7) is 0.623. The monoisotopic (exact) mass is 254 g/mol. The quantitative estimate of drug-likeness (QED) is 0.876. The maximum Gasteiger partial charge on any atom is 0.411 e. The minimum absolute atomic E-state index is 0.0966. The van der Waals surface area contributed by atoms with Crippen molar-refractivity contribution >= 4 is 11.3 Å². The second-order valence-corrected chi connectivity index (χ2v) is 4.42. The number of ether oxygens (including phenoxy) is 1. The summed E-state index contributed by atoms with van der Waals surface area (Å²) >= 11 is 1.35. The number of nitrogens with zero attached hydrogens (tertiary/aromatic N) is 1. The lowest BCUT2D eigenvalue weighted by molar-refractivity contribution is -0.176. The minimum Gasteiger partial charge on any atom is -0.365 e. The van der Waals surface area contributed by atoms with Crippen molar-refractivity contribution in [1.82, 2.24) is 10.3 Å². The Morgan fingerprint density at radius 2 is 2.25 bits per heavy atom. The summed E-state index contributed by atoms with van der Waals surface area (Å²) in [6, 6.07) is 0.147. The smallest absolute Gasteiger partial charge is 0.365 e. The molecule has 0 saturated heterocycles. The van der Waals surface area contributed by atoms with Gasteiger partial charge in [0.05, 0.1) is 6.61 Å². The molecule has 0 saturated carbocycles. The Morgan fingerprint density at radius 3 is 2.81 bits per heavy atom. The maximum absolute atomic E-state index is 11.8. The molecule has 1 aromatic rings. The van der Waals surface area contributed by atoms with Crippen LogP contribution in [-0.2, 0) is 11.3 Å². The highest BCUT2D eigenvalue weighted by molar-refractivity contribution is 7.11. The highest BCUT2D eigenvalue weighted by atomic mass is 32.1. The van der Waals surface area contributed by atoms with Gasteiger partial charge in [0, 0.05) is 17.1 Å². The number of halogens is 3. The lowest BCUT2D eigenvalue weighted by atomic mass is 10.3. The van der Waals surface area contributed by atoms with Crippen LogP contribution in [0.25, 0.3) is 0 Å². The average Bonchev–Trinajstić information content (AvgIpc) is 2.63. The van der Waals surface area contributed by atoms with Crippen LogP contribution in [0.1, 0.15) is 22.9 Å². The molecule has 0 aliphatic heterocycles. The molecule has 1 heterocycles. The van der Waals surface area contributed by atoms with Gasteiger partial charge in [-0.25, -0.2) is 4.98 Å². The topological polar surface area (TPSA) is 34.2 Å². The molecule has 1 N–H and O–H groups in total. The first-order valence-corrected chi connectivity index (χ1v) is 5.50. The average molecular weight is 254 g/mol. The fourth-order valence-corrected chi connectivity index (χ4v) is 1.91. The van der Waals surface area contributed by atoms with E-state index in [1.807, 2.05) is 14.0 Å². The predicted octanol–water partition coefficient (Wildman–Crippen LogP) is 2.50. The number of aromatic nitrogens is 1. The Hall–Kier alpha value is -0.660. The van der Waals surface area contributed by atoms with Crippen molar-refractivity contribution in [3.8, 4) is 0 Å². The molecule has 0 aliphatic rings. The summed E-state index contributed by atoms with van der Waals surface area (Å²) < 4.78 is 39.9. The molecular formula is C9H13F3N2OS. The van der Waals surface area contributed by atoms with Gasteiger partial charge >= 0.3 is 6.18 Å². The van der Waals surface area contributed by atoms with Crippen LogP contribution in [0.15, 0.2) is 6.20 Å². The van der Waals surface area contributed by atoms with E-state index >= 15 is 0 Å². The van der Waals surface area contributed by atoms with E-state index in [1.54, 1.807) is 6.20 Å². The first kappa shape index (κ1) is 13.4. The molecule has 16 heavy (non-hydrogen) atoms. The fraction of sp³-hybridized carbons (Fsp3) is 0.667. The van der Waals surface area contributed by atoms with E-state index in [0.29, 0.717) is 5.01 Å². The van der Waals surface area contributed by atoms with Crippen molar-refractivity contribution in [3.05, 3.63) is 16.1 Å². The van der Waals surface area contributed by atoms with Crippen LogP contribution >= 0.6 is 11.3 Å². The molecule has 1 atom stereocenters. The van der Waals surface area contributed by atoms with E-state index in [1.165, 1.54) is 11.3 Å². The van der Waals surface area contributed by atoms with E-state index < -0.39 is 12.8 Å². The van der Waals surface area contributed by atoms with Gasteiger partial charge in [0.15, 0.2) is 0 Å². The van der Waals surface area contributed by atoms with Crippen molar-refractivity contribution in [3.63, 3.8) is 0 Å². The zero-order chi connectivity index (χ0) is 12.2. The Kier molecular flexibility index (Phi) is 4.69. The van der Waals surface area contributed by atoms with Gasteiger partial charge in [-0.15, -0.1) is 11.3 Å². The highest BCUT2D eigenvalue weighted by Gasteiger charge is 2.27. The van der Waals surface area contributed by atoms with E-state index in [2.05, 4.69) is 15.0 Å². The van der Waals surface area contributed by atoms with Gasteiger partial charge in [-0.3, -0.25) is 0 Å². The Labute approximate surface area is 95.6 Å². The zero-order valence-electron chi connectivity index (χ0n) is 8.97. The molecule has 0 aliphatic carbocycles. The molecule has 1 aromatic heterocycles. The first-order valence-electron chi connectivity index (χ1n) is 4.68. The second kappa shape index (κ2) is 5.60. The van der Waals surface area contributed by atoms with Crippen LogP contribution in [0, 0.1) is 0 Å². The van der Waals surface area contributed by atoms with Gasteiger partial charge in [0.1, 0.15) is 11.6 Å². The third-order valence-electron chi connectivity index (χ3n) is 1.92. The van der Waals surface area contributed by atoms with Crippen LogP contribution in [0.2, 0.25) is 0 Å². The molecule has 1 unspecified atom stereocenters. The molecule has 0 spiro atoms. The van der Waals surface area contributed by atoms with Gasteiger partial charge in [0.25, 0.3) is 0 Å². The van der Waals surface area contributed by atoms with Gasteiger partial charge in [0.2, 0.25) is 0 Å². The molecule has 1 rings (SSSR count). The van der Waals surface area contributed by atoms with Crippen LogP contribution < -0.4 is 5.32 Å². The van der Waals surface area contributed by atoms with Crippen molar-refractivity contribution in [1.29, 1.82) is 0 Å². The SMILES string of the molecule is CNC(C)c1cnc(COCC(F)(F)F)s1. The van der Waals surface area contributed by atoms with E-state index in [9.17, 15) is 13.2 Å². The number of thiazole rings is 1. The molecule has 0 bridgehead atoms. The molecule has 0 amide bonds. The van der Waals surface area contributed by atoms with Crippen molar-refractivity contribution in [2.75, 3.05) is 13.7 Å². The largest absolute Gasteiger partial charge is 0.411 e. The maximum atomic E-state index is 11.8. The van der Waals surface area contributed by atoms with Gasteiger partial charge in [-0.05, 0) is 14.0 Å². The molecule has 7 heteroatoms. The molecule has 92 valence electrons. The first-order chi connectivity index (χ1) is 7.42. The van der Waals surface area contributed by atoms with Crippen LogP contribution in [0.3, 0.4) is 0 Å². The lowest BCUT2D eigenvalue weighted by Gasteiger charge is -2.06. The van der Waals surface area contributed by atoms with Crippen LogP contribution in [0.5, 0.6) is 0 Å². The molecule has 0 radical (unpaired) electrons. The number of rotatable bonds is 5. The minimum atomic E-state index is -4.28. The third kappa shape index (κ3) is 4.46. The lowest BCUT2D eigenvalue weighted by Crippen LogP contribution is -2.16. The number of hydrogen-bond donors (Lipinski definition) is 1. The van der Waals surface area contributed by atoms with Gasteiger partial charge < -0.3 is 10.1 Å². The Morgan fingerprint density at radius 1 is 1.56 bits per heavy atom. The molecule has 3 nitrogen and oxygen atoms in total. The summed E-state index contributed by atoms with van der Waals surface area (Å²) in [5.41, 5.74) is 0. The fourth-order valence-electron chi connectivity index (χ4n) is 0.988. The van der Waals surface area contributed by atoms with Crippen LogP contribution in [0.4, 0.5) is 13.2 Å². The zero-order valence-corrected chi connectivity index (χ0v) is 9.78. The normalized spacial score (nSPS) is 14.1. The van der Waals surface area contributed by atoms with Gasteiger partial charge in [-0.2, -0.15) is 13.2 Å². The second-order valence-electron chi connectivity index (χ2n) is 3.27. The molecular weight excluding hydrogens is 241 g/mol. The number of nitrogens with one attached hydrogen (secondary N) is 1. The summed E-state index contributed by atoms with van der Waals surface area (Å²) in [6.07, 6.45) is -2.63. The van der Waals surface area contributed by atoms with E-state index in [0.717, 1.165) is 4.88 Å². The predicted molar refractivity (Wildman–Crippen MR) is 55.3 cm³/mol. The van der Waals surface area contributed by atoms with E-state index in [-0.39, 0.29) is 12.6 Å². The highest BCUT2D eigenvalue weighted by Crippen LogP contribution is 2.21. The van der Waals surface area contributed by atoms with Crippen molar-refractivity contribution in [2.45, 2.75) is 25.7 Å². The van der Waals surface area contributed by atoms with E-state index in [4.69, 9.17) is 0 Å². The molecule has 0 aromatic carbocycles.